The Morgan fingerprint density at radius 3 is 2.69 bits per heavy atom. The van der Waals surface area contributed by atoms with Gasteiger partial charge in [0.05, 0.1) is 5.52 Å². The van der Waals surface area contributed by atoms with Gasteiger partial charge in [0, 0.05) is 16.5 Å². The smallest absolute Gasteiger partial charge is 0.282 e. The molecule has 1 heterocycles. The molecule has 0 aliphatic rings. The molecule has 84 valence electrons. The molecule has 0 aliphatic carbocycles. The van der Waals surface area contributed by atoms with Crippen molar-refractivity contribution in [2.45, 2.75) is 9.79 Å². The van der Waals surface area contributed by atoms with Crippen LogP contribution in [-0.2, 0) is 10.1 Å². The predicted molar refractivity (Wildman–Crippen MR) is 63.3 cm³/mol. The summed E-state index contributed by atoms with van der Waals surface area (Å²) in [5.74, 6) is 0. The lowest BCUT2D eigenvalue weighted by molar-refractivity contribution is 0.484. The van der Waals surface area contributed by atoms with Crippen LogP contribution < -0.4 is 0 Å². The third-order valence-corrected chi connectivity index (χ3v) is 3.87. The molecule has 0 aliphatic heterocycles. The van der Waals surface area contributed by atoms with Crippen LogP contribution in [0.15, 0.2) is 40.3 Å². The van der Waals surface area contributed by atoms with E-state index in [1.165, 1.54) is 24.0 Å². The predicted octanol–water partition coefficient (Wildman–Crippen LogP) is 2.20. The number of rotatable bonds is 2. The van der Waals surface area contributed by atoms with Crippen LogP contribution in [-0.4, -0.2) is 24.2 Å². The first-order chi connectivity index (χ1) is 7.54. The summed E-state index contributed by atoms with van der Waals surface area (Å²) in [6.45, 7) is 0. The molecule has 4 nitrogen and oxygen atoms in total. The standard InChI is InChI=1S/C10H9NO3S2/c1-15-8-5-6-11-10-7(8)3-2-4-9(10)16(12,13)14/h2-6H,1H3,(H,12,13,14). The molecule has 16 heavy (non-hydrogen) atoms. The normalized spacial score (nSPS) is 11.9. The fourth-order valence-electron chi connectivity index (χ4n) is 1.51. The second kappa shape index (κ2) is 4.04. The van der Waals surface area contributed by atoms with E-state index in [0.29, 0.717) is 5.52 Å². The molecule has 0 unspecified atom stereocenters. The highest BCUT2D eigenvalue weighted by molar-refractivity contribution is 7.98. The zero-order valence-corrected chi connectivity index (χ0v) is 10.0. The summed E-state index contributed by atoms with van der Waals surface area (Å²) in [6.07, 6.45) is 3.43. The fourth-order valence-corrected chi connectivity index (χ4v) is 2.75. The van der Waals surface area contributed by atoms with Gasteiger partial charge in [-0.3, -0.25) is 9.54 Å². The summed E-state index contributed by atoms with van der Waals surface area (Å²) in [5, 5.41) is 0.727. The van der Waals surface area contributed by atoms with E-state index in [-0.39, 0.29) is 4.90 Å². The van der Waals surface area contributed by atoms with E-state index in [1.54, 1.807) is 18.2 Å². The summed E-state index contributed by atoms with van der Waals surface area (Å²) < 4.78 is 31.4. The van der Waals surface area contributed by atoms with Crippen LogP contribution in [0.4, 0.5) is 0 Å². The Hall–Kier alpha value is -1.11. The van der Waals surface area contributed by atoms with Crippen LogP contribution in [0, 0.1) is 0 Å². The highest BCUT2D eigenvalue weighted by Crippen LogP contribution is 2.28. The average Bonchev–Trinajstić information content (AvgIpc) is 2.26. The maximum Gasteiger partial charge on any atom is 0.296 e. The van der Waals surface area contributed by atoms with Crippen LogP contribution >= 0.6 is 11.8 Å². The van der Waals surface area contributed by atoms with Crippen LogP contribution in [0.5, 0.6) is 0 Å². The Morgan fingerprint density at radius 1 is 1.31 bits per heavy atom. The number of para-hydroxylation sites is 1. The van der Waals surface area contributed by atoms with Gasteiger partial charge in [-0.1, -0.05) is 12.1 Å². The van der Waals surface area contributed by atoms with E-state index in [9.17, 15) is 8.42 Å². The summed E-state index contributed by atoms with van der Waals surface area (Å²) in [5.41, 5.74) is 0.303. The van der Waals surface area contributed by atoms with Gasteiger partial charge in [-0.05, 0) is 18.4 Å². The van der Waals surface area contributed by atoms with Gasteiger partial charge >= 0.3 is 0 Å². The summed E-state index contributed by atoms with van der Waals surface area (Å²) in [4.78, 5) is 4.78. The van der Waals surface area contributed by atoms with Crippen molar-refractivity contribution in [3.63, 3.8) is 0 Å². The molecule has 2 rings (SSSR count). The Bertz CT molecular complexity index is 638. The van der Waals surface area contributed by atoms with Gasteiger partial charge in [-0.25, -0.2) is 0 Å². The number of hydrogen-bond acceptors (Lipinski definition) is 4. The molecular weight excluding hydrogens is 246 g/mol. The Kier molecular flexibility index (Phi) is 2.88. The van der Waals surface area contributed by atoms with E-state index >= 15 is 0 Å². The van der Waals surface area contributed by atoms with E-state index < -0.39 is 10.1 Å². The Balaban J connectivity index is 2.90. The van der Waals surface area contributed by atoms with E-state index in [1.807, 2.05) is 6.26 Å². The number of pyridine rings is 1. The molecule has 0 saturated heterocycles. The lowest BCUT2D eigenvalue weighted by Crippen LogP contribution is -2.00. The van der Waals surface area contributed by atoms with Gasteiger partial charge in [0.15, 0.2) is 0 Å². The van der Waals surface area contributed by atoms with Crippen molar-refractivity contribution in [1.82, 2.24) is 4.98 Å². The summed E-state index contributed by atoms with van der Waals surface area (Å²) in [6, 6.07) is 6.52. The Morgan fingerprint density at radius 2 is 2.06 bits per heavy atom. The lowest BCUT2D eigenvalue weighted by Gasteiger charge is -2.05. The van der Waals surface area contributed by atoms with E-state index in [0.717, 1.165) is 10.3 Å². The maximum atomic E-state index is 11.2. The zero-order valence-electron chi connectivity index (χ0n) is 8.41. The van der Waals surface area contributed by atoms with Crippen molar-refractivity contribution < 1.29 is 13.0 Å². The quantitative estimate of drug-likeness (QED) is 0.658. The molecule has 0 radical (unpaired) electrons. The number of nitrogens with zero attached hydrogens (tertiary/aromatic N) is 1. The van der Waals surface area contributed by atoms with Crippen molar-refractivity contribution in [1.29, 1.82) is 0 Å². The van der Waals surface area contributed by atoms with Crippen LogP contribution in [0.25, 0.3) is 10.9 Å². The molecule has 0 amide bonds. The van der Waals surface area contributed by atoms with Crippen LogP contribution in [0.2, 0.25) is 0 Å². The first kappa shape index (κ1) is 11.4. The Labute approximate surface area is 97.4 Å². The molecule has 2 aromatic rings. The molecule has 6 heteroatoms. The number of aromatic nitrogens is 1. The minimum absolute atomic E-state index is 0.152. The molecule has 0 fully saturated rings. The average molecular weight is 255 g/mol. The molecule has 1 N–H and O–H groups in total. The number of thioether (sulfide) groups is 1. The molecular formula is C10H9NO3S2. The van der Waals surface area contributed by atoms with Gasteiger partial charge < -0.3 is 0 Å². The zero-order chi connectivity index (χ0) is 11.8. The van der Waals surface area contributed by atoms with E-state index in [4.69, 9.17) is 4.55 Å². The van der Waals surface area contributed by atoms with Crippen molar-refractivity contribution in [2.24, 2.45) is 0 Å². The monoisotopic (exact) mass is 255 g/mol. The fraction of sp³-hybridized carbons (Fsp3) is 0.100. The van der Waals surface area contributed by atoms with Crippen molar-refractivity contribution in [3.05, 3.63) is 30.5 Å². The van der Waals surface area contributed by atoms with Gasteiger partial charge in [0.25, 0.3) is 10.1 Å². The topological polar surface area (TPSA) is 67.3 Å². The molecule has 0 bridgehead atoms. The maximum absolute atomic E-state index is 11.2. The minimum atomic E-state index is -4.23. The molecule has 0 spiro atoms. The first-order valence-electron chi connectivity index (χ1n) is 4.43. The molecule has 0 saturated carbocycles. The SMILES string of the molecule is CSc1ccnc2c(S(=O)(=O)O)cccc12. The van der Waals surface area contributed by atoms with E-state index in [2.05, 4.69) is 4.98 Å². The van der Waals surface area contributed by atoms with Gasteiger partial charge in [-0.2, -0.15) is 8.42 Å². The largest absolute Gasteiger partial charge is 0.296 e. The van der Waals surface area contributed by atoms with Crippen molar-refractivity contribution in [2.75, 3.05) is 6.26 Å². The van der Waals surface area contributed by atoms with Crippen molar-refractivity contribution in [3.8, 4) is 0 Å². The minimum Gasteiger partial charge on any atom is -0.282 e. The van der Waals surface area contributed by atoms with Crippen LogP contribution in [0.3, 0.4) is 0 Å². The van der Waals surface area contributed by atoms with Gasteiger partial charge in [0.1, 0.15) is 4.90 Å². The van der Waals surface area contributed by atoms with Gasteiger partial charge in [0.2, 0.25) is 0 Å². The third kappa shape index (κ3) is 1.91. The van der Waals surface area contributed by atoms with Gasteiger partial charge in [-0.15, -0.1) is 11.8 Å². The molecule has 1 aromatic carbocycles. The highest BCUT2D eigenvalue weighted by atomic mass is 32.2. The second-order valence-corrected chi connectivity index (χ2v) is 5.38. The van der Waals surface area contributed by atoms with Crippen molar-refractivity contribution >= 4 is 32.8 Å². The second-order valence-electron chi connectivity index (χ2n) is 3.14. The highest BCUT2D eigenvalue weighted by Gasteiger charge is 2.15. The lowest BCUT2D eigenvalue weighted by atomic mass is 10.2. The third-order valence-electron chi connectivity index (χ3n) is 2.19. The number of hydrogen-bond donors (Lipinski definition) is 1. The number of benzene rings is 1. The first-order valence-corrected chi connectivity index (χ1v) is 7.10. The summed E-state index contributed by atoms with van der Waals surface area (Å²) >= 11 is 1.50. The molecule has 0 atom stereocenters. The number of fused-ring (bicyclic) bond motifs is 1. The molecule has 1 aromatic heterocycles. The van der Waals surface area contributed by atoms with Crippen LogP contribution in [0.1, 0.15) is 0 Å². The summed E-state index contributed by atoms with van der Waals surface area (Å²) in [7, 11) is -4.23.